The van der Waals surface area contributed by atoms with Crippen LogP contribution in [0.2, 0.25) is 0 Å². The van der Waals surface area contributed by atoms with Crippen LogP contribution in [0.15, 0.2) is 65.7 Å². The summed E-state index contributed by atoms with van der Waals surface area (Å²) in [5.41, 5.74) is 1.40. The van der Waals surface area contributed by atoms with Crippen molar-refractivity contribution in [2.45, 2.75) is 70.1 Å². The molecule has 3 aromatic rings. The fourth-order valence-corrected chi connectivity index (χ4v) is 7.21. The number of carbonyl (C=O) groups is 4. The minimum absolute atomic E-state index is 0.0275. The molecule has 0 unspecified atom stereocenters. The number of nitrogens with zero attached hydrogens (tertiary/aromatic N) is 4. The van der Waals surface area contributed by atoms with E-state index in [1.165, 1.54) is 10.9 Å². The monoisotopic (exact) mass is 612 g/mol. The van der Waals surface area contributed by atoms with Crippen LogP contribution in [-0.4, -0.2) is 80.7 Å². The highest BCUT2D eigenvalue weighted by atomic mass is 16.2. The average Bonchev–Trinajstić information content (AvgIpc) is 3.04. The second-order valence-electron chi connectivity index (χ2n) is 12.7. The van der Waals surface area contributed by atoms with Crippen LogP contribution in [0.25, 0.3) is 10.9 Å². The molecule has 45 heavy (non-hydrogen) atoms. The molecule has 236 valence electrons. The largest absolute Gasteiger partial charge is 0.345 e. The molecule has 6 rings (SSSR count). The Morgan fingerprint density at radius 3 is 2.56 bits per heavy atom. The molecular formula is C34H40N6O5. The molecule has 3 saturated heterocycles. The van der Waals surface area contributed by atoms with Gasteiger partial charge in [0.05, 0.1) is 17.2 Å². The predicted molar refractivity (Wildman–Crippen MR) is 168 cm³/mol. The standard InChI is InChI=1S/C34H40N6O5/c1-22-32(43)37-28(17-23-8-3-2-4-9-23)34(45)40-19-24-16-25(29(40)12-7-13-30(41)36-22)20-39(18-24)31(42)14-15-38-21-35-27-11-6-5-10-26(27)33(38)44/h2-6,8-11,21-22,24-25,28-29H,7,12-20H2,1H3,(H,36,41)(H,37,43)/t22-,24+,25-,28+,29+/m1/s1. The number of piperidine rings is 2. The summed E-state index contributed by atoms with van der Waals surface area (Å²) in [5.74, 6) is -0.573. The van der Waals surface area contributed by atoms with Gasteiger partial charge in [0.2, 0.25) is 23.6 Å². The molecule has 11 heteroatoms. The highest BCUT2D eigenvalue weighted by Gasteiger charge is 2.45. The molecule has 11 nitrogen and oxygen atoms in total. The van der Waals surface area contributed by atoms with E-state index in [1.54, 1.807) is 25.1 Å². The van der Waals surface area contributed by atoms with Gasteiger partial charge in [-0.3, -0.25) is 28.5 Å². The zero-order valence-electron chi connectivity index (χ0n) is 25.6. The summed E-state index contributed by atoms with van der Waals surface area (Å²) < 4.78 is 1.49. The number of aromatic nitrogens is 2. The molecule has 4 amide bonds. The van der Waals surface area contributed by atoms with Gasteiger partial charge in [0.1, 0.15) is 12.1 Å². The van der Waals surface area contributed by atoms with Crippen LogP contribution in [0.5, 0.6) is 0 Å². The first kappa shape index (κ1) is 30.5. The van der Waals surface area contributed by atoms with E-state index in [0.29, 0.717) is 49.8 Å². The second-order valence-corrected chi connectivity index (χ2v) is 12.7. The van der Waals surface area contributed by atoms with Gasteiger partial charge >= 0.3 is 0 Å². The van der Waals surface area contributed by atoms with Crippen molar-refractivity contribution in [2.75, 3.05) is 19.6 Å². The molecule has 2 bridgehead atoms. The number of fused-ring (bicyclic) bond motifs is 5. The summed E-state index contributed by atoms with van der Waals surface area (Å²) in [6.45, 7) is 3.40. The third-order valence-corrected chi connectivity index (χ3v) is 9.47. The first-order valence-electron chi connectivity index (χ1n) is 15.9. The number of benzene rings is 2. The third kappa shape index (κ3) is 6.77. The minimum atomic E-state index is -0.772. The molecule has 4 heterocycles. The summed E-state index contributed by atoms with van der Waals surface area (Å²) in [6.07, 6.45) is 4.39. The fourth-order valence-electron chi connectivity index (χ4n) is 7.21. The Labute approximate surface area is 262 Å². The van der Waals surface area contributed by atoms with Crippen LogP contribution < -0.4 is 16.2 Å². The summed E-state index contributed by atoms with van der Waals surface area (Å²) >= 11 is 0. The summed E-state index contributed by atoms with van der Waals surface area (Å²) in [6, 6.07) is 15.1. The van der Waals surface area contributed by atoms with Crippen LogP contribution >= 0.6 is 0 Å². The maximum atomic E-state index is 14.3. The zero-order chi connectivity index (χ0) is 31.5. The molecular weight excluding hydrogens is 572 g/mol. The van der Waals surface area contributed by atoms with Gasteiger partial charge in [-0.25, -0.2) is 4.98 Å². The lowest BCUT2D eigenvalue weighted by Gasteiger charge is -2.51. The molecule has 2 aromatic carbocycles. The van der Waals surface area contributed by atoms with Crippen LogP contribution in [-0.2, 0) is 32.1 Å². The molecule has 5 atom stereocenters. The van der Waals surface area contributed by atoms with Gasteiger partial charge in [0, 0.05) is 51.5 Å². The van der Waals surface area contributed by atoms with Crippen molar-refractivity contribution < 1.29 is 19.2 Å². The Morgan fingerprint density at radius 1 is 0.956 bits per heavy atom. The summed E-state index contributed by atoms with van der Waals surface area (Å²) in [5, 5.41) is 6.23. The van der Waals surface area contributed by atoms with Crippen molar-refractivity contribution >= 4 is 34.5 Å². The van der Waals surface area contributed by atoms with Crippen molar-refractivity contribution in [2.24, 2.45) is 11.8 Å². The van der Waals surface area contributed by atoms with Crippen LogP contribution in [0.1, 0.15) is 44.6 Å². The third-order valence-electron chi connectivity index (χ3n) is 9.47. The number of likely N-dealkylation sites (tertiary alicyclic amines) is 1. The highest BCUT2D eigenvalue weighted by molar-refractivity contribution is 5.92. The van der Waals surface area contributed by atoms with Gasteiger partial charge in [0.15, 0.2) is 0 Å². The number of hydrogen-bond acceptors (Lipinski definition) is 6. The molecule has 0 spiro atoms. The van der Waals surface area contributed by atoms with Crippen molar-refractivity contribution in [1.29, 1.82) is 0 Å². The van der Waals surface area contributed by atoms with Gasteiger partial charge in [0.25, 0.3) is 5.56 Å². The lowest BCUT2D eigenvalue weighted by Crippen LogP contribution is -2.64. The van der Waals surface area contributed by atoms with Gasteiger partial charge in [-0.05, 0) is 55.7 Å². The smallest absolute Gasteiger partial charge is 0.261 e. The quantitative estimate of drug-likeness (QED) is 0.452. The SMILES string of the molecule is C[C@H]1NC(=O)CCC[C@H]2[C@@H]3C[C@@H](CN(C(=O)CCn4cnc5ccccc5c4=O)C3)CN2C(=O)[C@H](Cc2ccccc2)NC1=O. The molecule has 3 fully saturated rings. The van der Waals surface area contributed by atoms with E-state index in [0.717, 1.165) is 12.0 Å². The Balaban J connectivity index is 1.19. The molecule has 0 saturated carbocycles. The van der Waals surface area contributed by atoms with Gasteiger partial charge in [-0.1, -0.05) is 42.5 Å². The minimum Gasteiger partial charge on any atom is -0.345 e. The molecule has 0 aliphatic carbocycles. The number of carbonyl (C=O) groups excluding carboxylic acids is 4. The Hall–Kier alpha value is -4.54. The Morgan fingerprint density at radius 2 is 1.73 bits per heavy atom. The number of rotatable bonds is 5. The van der Waals surface area contributed by atoms with Crippen molar-refractivity contribution in [3.63, 3.8) is 0 Å². The number of amides is 4. The van der Waals surface area contributed by atoms with E-state index in [9.17, 15) is 24.0 Å². The Kier molecular flexibility index (Phi) is 8.95. The van der Waals surface area contributed by atoms with Crippen LogP contribution in [0.4, 0.5) is 0 Å². The van der Waals surface area contributed by atoms with Crippen molar-refractivity contribution in [1.82, 2.24) is 30.0 Å². The Bertz CT molecular complexity index is 1640. The summed E-state index contributed by atoms with van der Waals surface area (Å²) in [4.78, 5) is 74.6. The van der Waals surface area contributed by atoms with E-state index in [2.05, 4.69) is 15.6 Å². The van der Waals surface area contributed by atoms with Gasteiger partial charge < -0.3 is 20.4 Å². The first-order valence-corrected chi connectivity index (χ1v) is 15.9. The normalized spacial score (nSPS) is 25.9. The zero-order valence-corrected chi connectivity index (χ0v) is 25.6. The first-order chi connectivity index (χ1) is 21.8. The van der Waals surface area contributed by atoms with E-state index in [1.807, 2.05) is 46.2 Å². The summed E-state index contributed by atoms with van der Waals surface area (Å²) in [7, 11) is 0. The molecule has 3 aliphatic rings. The lowest BCUT2D eigenvalue weighted by atomic mass is 9.77. The average molecular weight is 613 g/mol. The predicted octanol–water partition coefficient (Wildman–Crippen LogP) is 1.88. The maximum absolute atomic E-state index is 14.3. The second kappa shape index (κ2) is 13.2. The van der Waals surface area contributed by atoms with Crippen LogP contribution in [0, 0.1) is 11.8 Å². The van der Waals surface area contributed by atoms with Crippen LogP contribution in [0.3, 0.4) is 0 Å². The number of para-hydroxylation sites is 1. The molecule has 2 N–H and O–H groups in total. The molecule has 1 aromatic heterocycles. The topological polar surface area (TPSA) is 134 Å². The van der Waals surface area contributed by atoms with E-state index < -0.39 is 12.1 Å². The number of aryl methyl sites for hydroxylation is 1. The van der Waals surface area contributed by atoms with E-state index in [4.69, 9.17) is 0 Å². The molecule has 0 radical (unpaired) electrons. The van der Waals surface area contributed by atoms with Crippen molar-refractivity contribution in [3.8, 4) is 0 Å². The highest BCUT2D eigenvalue weighted by Crippen LogP contribution is 2.36. The van der Waals surface area contributed by atoms with Crippen molar-refractivity contribution in [3.05, 3.63) is 76.8 Å². The number of nitrogens with one attached hydrogen (secondary N) is 2. The van der Waals surface area contributed by atoms with E-state index in [-0.39, 0.29) is 66.5 Å². The lowest BCUT2D eigenvalue weighted by molar-refractivity contribution is -0.149. The molecule has 3 aliphatic heterocycles. The van der Waals surface area contributed by atoms with E-state index >= 15 is 0 Å². The maximum Gasteiger partial charge on any atom is 0.261 e. The van der Waals surface area contributed by atoms with Gasteiger partial charge in [-0.15, -0.1) is 0 Å². The van der Waals surface area contributed by atoms with Gasteiger partial charge in [-0.2, -0.15) is 0 Å². The fraction of sp³-hybridized carbons (Fsp3) is 0.471. The number of hydrogen-bond donors (Lipinski definition) is 2.